The van der Waals surface area contributed by atoms with Crippen LogP contribution >= 0.6 is 11.6 Å². The Morgan fingerprint density at radius 1 is 1.17 bits per heavy atom. The van der Waals surface area contributed by atoms with E-state index < -0.39 is 0 Å². The maximum atomic E-state index is 5.95. The van der Waals surface area contributed by atoms with Gasteiger partial charge < -0.3 is 4.98 Å². The zero-order chi connectivity index (χ0) is 12.7. The van der Waals surface area contributed by atoms with Gasteiger partial charge in [0.15, 0.2) is 11.3 Å². The van der Waals surface area contributed by atoms with Crippen LogP contribution in [0, 0.1) is 5.92 Å². The van der Waals surface area contributed by atoms with E-state index >= 15 is 0 Å². The van der Waals surface area contributed by atoms with E-state index in [1.54, 1.807) is 0 Å². The molecule has 1 aromatic carbocycles. The van der Waals surface area contributed by atoms with Gasteiger partial charge in [-0.05, 0) is 24.1 Å². The van der Waals surface area contributed by atoms with E-state index in [1.165, 1.54) is 0 Å². The summed E-state index contributed by atoms with van der Waals surface area (Å²) in [5.41, 5.74) is 2.99. The molecule has 3 aromatic rings. The Morgan fingerprint density at radius 3 is 2.78 bits per heavy atom. The largest absolute Gasteiger partial charge is 0.325 e. The highest BCUT2D eigenvalue weighted by molar-refractivity contribution is 6.31. The maximum Gasteiger partial charge on any atom is 0.198 e. The van der Waals surface area contributed by atoms with Crippen LogP contribution in [0.1, 0.15) is 19.7 Å². The van der Waals surface area contributed by atoms with Crippen LogP contribution in [0.2, 0.25) is 5.02 Å². The Balaban J connectivity index is 2.18. The molecule has 0 unspecified atom stereocenters. The summed E-state index contributed by atoms with van der Waals surface area (Å²) in [5, 5.41) is 0.665. The molecule has 18 heavy (non-hydrogen) atoms. The van der Waals surface area contributed by atoms with Crippen LogP contribution in [0.4, 0.5) is 0 Å². The fourth-order valence-corrected chi connectivity index (χ4v) is 2.12. The van der Waals surface area contributed by atoms with Crippen molar-refractivity contribution in [3.05, 3.63) is 29.0 Å². The van der Waals surface area contributed by atoms with Gasteiger partial charge in [-0.2, -0.15) is 0 Å². The van der Waals surface area contributed by atoms with Crippen molar-refractivity contribution in [2.75, 3.05) is 0 Å². The fraction of sp³-hybridized carbons (Fsp3) is 0.308. The minimum atomic E-state index is 0.550. The van der Waals surface area contributed by atoms with Crippen LogP contribution in [0.3, 0.4) is 0 Å². The molecule has 0 aliphatic carbocycles. The second-order valence-electron chi connectivity index (χ2n) is 4.81. The predicted molar refractivity (Wildman–Crippen MR) is 72.7 cm³/mol. The topological polar surface area (TPSA) is 54.5 Å². The molecule has 0 saturated heterocycles. The lowest BCUT2D eigenvalue weighted by Crippen LogP contribution is -1.95. The Kier molecular flexibility index (Phi) is 2.67. The summed E-state index contributed by atoms with van der Waals surface area (Å²) in [5.74, 6) is 1.48. The number of nitrogens with one attached hydrogen (secondary N) is 1. The molecular weight excluding hydrogens is 248 g/mol. The number of rotatable bonds is 2. The van der Waals surface area contributed by atoms with Gasteiger partial charge >= 0.3 is 0 Å². The Morgan fingerprint density at radius 2 is 2.00 bits per heavy atom. The quantitative estimate of drug-likeness (QED) is 0.769. The van der Waals surface area contributed by atoms with E-state index in [4.69, 9.17) is 11.6 Å². The molecular formula is C13H13ClN4. The summed E-state index contributed by atoms with van der Waals surface area (Å²) < 4.78 is 0. The summed E-state index contributed by atoms with van der Waals surface area (Å²) in [6.45, 7) is 4.31. The molecule has 92 valence electrons. The van der Waals surface area contributed by atoms with Crippen molar-refractivity contribution in [3.63, 3.8) is 0 Å². The Bertz CT molecular complexity index is 717. The molecule has 0 spiro atoms. The lowest BCUT2D eigenvalue weighted by atomic mass is 10.1. The summed E-state index contributed by atoms with van der Waals surface area (Å²) in [4.78, 5) is 16.7. The first-order chi connectivity index (χ1) is 8.61. The average molecular weight is 261 g/mol. The number of halogens is 1. The molecule has 0 aliphatic heterocycles. The van der Waals surface area contributed by atoms with Gasteiger partial charge in [0.2, 0.25) is 0 Å². The first-order valence-corrected chi connectivity index (χ1v) is 6.31. The number of aromatic nitrogens is 4. The van der Waals surface area contributed by atoms with E-state index in [0.29, 0.717) is 16.6 Å². The van der Waals surface area contributed by atoms with E-state index in [0.717, 1.165) is 28.9 Å². The van der Waals surface area contributed by atoms with Crippen LogP contribution in [-0.2, 0) is 6.42 Å². The summed E-state index contributed by atoms with van der Waals surface area (Å²) in [6.07, 6.45) is 0.898. The highest BCUT2D eigenvalue weighted by atomic mass is 35.5. The van der Waals surface area contributed by atoms with Crippen molar-refractivity contribution >= 4 is 33.9 Å². The Hall–Kier alpha value is -1.68. The first kappa shape index (κ1) is 11.4. The van der Waals surface area contributed by atoms with Crippen LogP contribution in [-0.4, -0.2) is 19.9 Å². The third-order valence-electron chi connectivity index (χ3n) is 2.71. The SMILES string of the molecule is CC(C)Cc1nc2nc3ccc(Cl)cc3nc2[nH]1. The van der Waals surface area contributed by atoms with Crippen molar-refractivity contribution in [1.29, 1.82) is 0 Å². The van der Waals surface area contributed by atoms with Crippen LogP contribution in [0.25, 0.3) is 22.3 Å². The monoisotopic (exact) mass is 260 g/mol. The van der Waals surface area contributed by atoms with Gasteiger partial charge in [0.1, 0.15) is 5.82 Å². The molecule has 0 radical (unpaired) electrons. The lowest BCUT2D eigenvalue weighted by molar-refractivity contribution is 0.627. The second kappa shape index (κ2) is 4.21. The van der Waals surface area contributed by atoms with Crippen LogP contribution in [0.15, 0.2) is 18.2 Å². The van der Waals surface area contributed by atoms with Crippen molar-refractivity contribution < 1.29 is 0 Å². The number of nitrogens with zero attached hydrogens (tertiary/aromatic N) is 3. The number of H-pyrrole nitrogens is 1. The lowest BCUT2D eigenvalue weighted by Gasteiger charge is -1.98. The van der Waals surface area contributed by atoms with Crippen molar-refractivity contribution in [1.82, 2.24) is 19.9 Å². The molecule has 5 heteroatoms. The number of imidazole rings is 1. The molecule has 0 atom stereocenters. The van der Waals surface area contributed by atoms with Gasteiger partial charge in [0.05, 0.1) is 11.0 Å². The summed E-state index contributed by atoms with van der Waals surface area (Å²) in [7, 11) is 0. The number of fused-ring (bicyclic) bond motifs is 2. The van der Waals surface area contributed by atoms with Gasteiger partial charge in [-0.15, -0.1) is 0 Å². The molecule has 1 N–H and O–H groups in total. The molecule has 0 saturated carbocycles. The van der Waals surface area contributed by atoms with Gasteiger partial charge in [0, 0.05) is 11.4 Å². The number of hydrogen-bond acceptors (Lipinski definition) is 3. The fourth-order valence-electron chi connectivity index (χ4n) is 1.96. The van der Waals surface area contributed by atoms with E-state index in [9.17, 15) is 0 Å². The molecule has 3 rings (SSSR count). The third kappa shape index (κ3) is 2.04. The maximum absolute atomic E-state index is 5.95. The molecule has 0 bridgehead atoms. The zero-order valence-corrected chi connectivity index (χ0v) is 11.0. The van der Waals surface area contributed by atoms with Crippen LogP contribution < -0.4 is 0 Å². The molecule has 0 amide bonds. The summed E-state index contributed by atoms with van der Waals surface area (Å²) in [6, 6.07) is 5.49. The van der Waals surface area contributed by atoms with Crippen LogP contribution in [0.5, 0.6) is 0 Å². The standard InChI is InChI=1S/C13H13ClN4/c1-7(2)5-11-17-12-13(18-11)16-10-6-8(14)3-4-9(10)15-12/h3-4,6-7H,5H2,1-2H3,(H,15,16,17,18). The van der Waals surface area contributed by atoms with E-state index in [1.807, 2.05) is 18.2 Å². The predicted octanol–water partition coefficient (Wildman–Crippen LogP) is 3.36. The van der Waals surface area contributed by atoms with Gasteiger partial charge in [-0.25, -0.2) is 15.0 Å². The van der Waals surface area contributed by atoms with Gasteiger partial charge in [-0.1, -0.05) is 25.4 Å². The smallest absolute Gasteiger partial charge is 0.198 e. The normalized spacial score (nSPS) is 11.8. The molecule has 0 fully saturated rings. The van der Waals surface area contributed by atoms with E-state index in [-0.39, 0.29) is 0 Å². The average Bonchev–Trinajstić information content (AvgIpc) is 2.65. The van der Waals surface area contributed by atoms with Gasteiger partial charge in [-0.3, -0.25) is 0 Å². The highest BCUT2D eigenvalue weighted by Gasteiger charge is 2.08. The zero-order valence-electron chi connectivity index (χ0n) is 10.2. The van der Waals surface area contributed by atoms with Crippen molar-refractivity contribution in [2.45, 2.75) is 20.3 Å². The third-order valence-corrected chi connectivity index (χ3v) is 2.95. The van der Waals surface area contributed by atoms with Crippen molar-refractivity contribution in [3.8, 4) is 0 Å². The second-order valence-corrected chi connectivity index (χ2v) is 5.25. The first-order valence-electron chi connectivity index (χ1n) is 5.94. The minimum absolute atomic E-state index is 0.550. The number of aromatic amines is 1. The Labute approximate surface area is 109 Å². The minimum Gasteiger partial charge on any atom is -0.325 e. The van der Waals surface area contributed by atoms with E-state index in [2.05, 4.69) is 33.8 Å². The van der Waals surface area contributed by atoms with Gasteiger partial charge in [0.25, 0.3) is 0 Å². The molecule has 2 heterocycles. The van der Waals surface area contributed by atoms with Crippen molar-refractivity contribution in [2.24, 2.45) is 5.92 Å². The highest BCUT2D eigenvalue weighted by Crippen LogP contribution is 2.19. The molecule has 0 aliphatic rings. The number of hydrogen-bond donors (Lipinski definition) is 1. The summed E-state index contributed by atoms with van der Waals surface area (Å²) >= 11 is 5.95. The molecule has 2 aromatic heterocycles. The number of benzene rings is 1. The molecule has 4 nitrogen and oxygen atoms in total.